The second-order valence-electron chi connectivity index (χ2n) is 2.33. The summed E-state index contributed by atoms with van der Waals surface area (Å²) < 4.78 is 9.41. The average Bonchev–Trinajstić information content (AvgIpc) is 2.27. The number of carbonyl (C=O) groups excluding carboxylic acids is 1. The second kappa shape index (κ2) is 4.90. The quantitative estimate of drug-likeness (QED) is 0.603. The van der Waals surface area contributed by atoms with E-state index in [-0.39, 0.29) is 11.6 Å². The van der Waals surface area contributed by atoms with Crippen molar-refractivity contribution in [1.82, 2.24) is 9.97 Å². The van der Waals surface area contributed by atoms with Crippen LogP contribution in [0.4, 0.5) is 0 Å². The Bertz CT molecular complexity index is 343. The van der Waals surface area contributed by atoms with Gasteiger partial charge in [-0.15, -0.1) is 0 Å². The molecular weight excluding hydrogens is 252 g/mol. The number of methoxy groups -OCH3 is 2. The summed E-state index contributed by atoms with van der Waals surface area (Å²) in [5.41, 5.74) is 0.696. The van der Waals surface area contributed by atoms with Crippen LogP contribution in [0.25, 0.3) is 0 Å². The summed E-state index contributed by atoms with van der Waals surface area (Å²) in [6.45, 7) is 0. The lowest BCUT2D eigenvalue weighted by Gasteiger charge is -2.05. The van der Waals surface area contributed by atoms with Crippen LogP contribution in [-0.2, 0) is 10.1 Å². The van der Waals surface area contributed by atoms with Crippen molar-refractivity contribution < 1.29 is 14.3 Å². The van der Waals surface area contributed by atoms with E-state index in [2.05, 4.69) is 30.6 Å². The maximum absolute atomic E-state index is 11.3. The molecule has 1 aromatic rings. The van der Waals surface area contributed by atoms with Crippen LogP contribution in [0.15, 0.2) is 6.20 Å². The molecule has 0 saturated heterocycles. The molecule has 0 bridgehead atoms. The zero-order valence-electron chi connectivity index (χ0n) is 7.78. The Labute approximate surface area is 89.6 Å². The smallest absolute Gasteiger partial charge is 0.358 e. The number of hydrogen-bond donors (Lipinski definition) is 0. The minimum Gasteiger partial charge on any atom is -0.480 e. The highest BCUT2D eigenvalue weighted by Gasteiger charge is 2.15. The molecule has 0 unspecified atom stereocenters. The monoisotopic (exact) mass is 260 g/mol. The molecule has 0 N–H and O–H groups in total. The summed E-state index contributed by atoms with van der Waals surface area (Å²) in [5.74, 6) is -0.235. The summed E-state index contributed by atoms with van der Waals surface area (Å²) in [6.07, 6.45) is 1.45. The zero-order valence-corrected chi connectivity index (χ0v) is 9.37. The van der Waals surface area contributed by atoms with Gasteiger partial charge in [0.1, 0.15) is 0 Å². The van der Waals surface area contributed by atoms with Crippen LogP contribution in [0, 0.1) is 0 Å². The minimum atomic E-state index is -0.522. The van der Waals surface area contributed by atoms with E-state index in [1.54, 1.807) is 0 Å². The fraction of sp³-hybridized carbons (Fsp3) is 0.375. The van der Waals surface area contributed by atoms with Gasteiger partial charge in [-0.25, -0.2) is 9.78 Å². The Morgan fingerprint density at radius 2 is 2.29 bits per heavy atom. The highest BCUT2D eigenvalue weighted by atomic mass is 79.9. The van der Waals surface area contributed by atoms with Gasteiger partial charge in [0.05, 0.1) is 26.1 Å². The number of rotatable bonds is 3. The molecule has 0 radical (unpaired) electrons. The third-order valence-corrected chi connectivity index (χ3v) is 2.07. The van der Waals surface area contributed by atoms with Gasteiger partial charge in [0.15, 0.2) is 5.69 Å². The first-order valence-corrected chi connectivity index (χ1v) is 4.89. The summed E-state index contributed by atoms with van der Waals surface area (Å²) in [7, 11) is 2.75. The predicted octanol–water partition coefficient (Wildman–Crippen LogP) is 1.17. The summed E-state index contributed by atoms with van der Waals surface area (Å²) in [5, 5.41) is 0.439. The van der Waals surface area contributed by atoms with E-state index in [0.29, 0.717) is 11.0 Å². The van der Waals surface area contributed by atoms with Gasteiger partial charge in [-0.3, -0.25) is 4.98 Å². The van der Waals surface area contributed by atoms with E-state index < -0.39 is 5.97 Å². The highest BCUT2D eigenvalue weighted by Crippen LogP contribution is 2.13. The molecule has 14 heavy (non-hydrogen) atoms. The van der Waals surface area contributed by atoms with Crippen molar-refractivity contribution >= 4 is 21.9 Å². The van der Waals surface area contributed by atoms with Crippen molar-refractivity contribution in [3.05, 3.63) is 17.6 Å². The van der Waals surface area contributed by atoms with Gasteiger partial charge in [-0.2, -0.15) is 0 Å². The first kappa shape index (κ1) is 10.9. The number of esters is 1. The summed E-state index contributed by atoms with van der Waals surface area (Å²) in [6, 6.07) is 0. The van der Waals surface area contributed by atoms with Crippen molar-refractivity contribution in [2.45, 2.75) is 5.33 Å². The van der Waals surface area contributed by atoms with E-state index in [9.17, 15) is 4.79 Å². The van der Waals surface area contributed by atoms with Crippen molar-refractivity contribution in [3.8, 4) is 5.88 Å². The number of alkyl halides is 1. The normalized spacial score (nSPS) is 9.64. The van der Waals surface area contributed by atoms with E-state index >= 15 is 0 Å². The molecule has 0 spiro atoms. The molecular formula is C8H9BrN2O3. The van der Waals surface area contributed by atoms with Crippen molar-refractivity contribution in [1.29, 1.82) is 0 Å². The minimum absolute atomic E-state index is 0.170. The van der Waals surface area contributed by atoms with Gasteiger partial charge in [-0.1, -0.05) is 15.9 Å². The molecule has 0 aliphatic rings. The Morgan fingerprint density at radius 1 is 1.57 bits per heavy atom. The number of ether oxygens (including phenoxy) is 2. The molecule has 6 heteroatoms. The third-order valence-electron chi connectivity index (χ3n) is 1.54. The number of hydrogen-bond acceptors (Lipinski definition) is 5. The van der Waals surface area contributed by atoms with Gasteiger partial charge in [0.2, 0.25) is 5.88 Å². The number of aromatic nitrogens is 2. The van der Waals surface area contributed by atoms with Crippen LogP contribution in [-0.4, -0.2) is 30.2 Å². The molecule has 0 aromatic carbocycles. The third kappa shape index (κ3) is 2.20. The molecule has 0 atom stereocenters. The van der Waals surface area contributed by atoms with E-state index in [1.807, 2.05) is 0 Å². The molecule has 0 aliphatic heterocycles. The van der Waals surface area contributed by atoms with E-state index in [4.69, 9.17) is 4.74 Å². The van der Waals surface area contributed by atoms with Crippen molar-refractivity contribution in [2.24, 2.45) is 0 Å². The molecule has 1 aromatic heterocycles. The number of nitrogens with zero attached hydrogens (tertiary/aromatic N) is 2. The van der Waals surface area contributed by atoms with E-state index in [1.165, 1.54) is 20.4 Å². The molecule has 0 aliphatic carbocycles. The highest BCUT2D eigenvalue weighted by molar-refractivity contribution is 9.08. The lowest BCUT2D eigenvalue weighted by molar-refractivity contribution is 0.0591. The van der Waals surface area contributed by atoms with E-state index in [0.717, 1.165) is 0 Å². The van der Waals surface area contributed by atoms with Crippen LogP contribution >= 0.6 is 15.9 Å². The fourth-order valence-electron chi connectivity index (χ4n) is 0.854. The predicted molar refractivity (Wildman–Crippen MR) is 52.6 cm³/mol. The van der Waals surface area contributed by atoms with Crippen molar-refractivity contribution in [2.75, 3.05) is 14.2 Å². The average molecular weight is 261 g/mol. The molecule has 1 heterocycles. The molecule has 76 valence electrons. The Balaban J connectivity index is 3.14. The van der Waals surface area contributed by atoms with Gasteiger partial charge in [0.25, 0.3) is 0 Å². The van der Waals surface area contributed by atoms with Gasteiger partial charge in [-0.05, 0) is 0 Å². The topological polar surface area (TPSA) is 61.3 Å². The summed E-state index contributed by atoms with van der Waals surface area (Å²) >= 11 is 3.20. The van der Waals surface area contributed by atoms with Gasteiger partial charge < -0.3 is 9.47 Å². The van der Waals surface area contributed by atoms with Crippen molar-refractivity contribution in [3.63, 3.8) is 0 Å². The van der Waals surface area contributed by atoms with Gasteiger partial charge in [0, 0.05) is 5.33 Å². The van der Waals surface area contributed by atoms with Crippen LogP contribution in [0.1, 0.15) is 16.2 Å². The Kier molecular flexibility index (Phi) is 3.82. The molecule has 1 rings (SSSR count). The Hall–Kier alpha value is -1.17. The first-order valence-electron chi connectivity index (χ1n) is 3.77. The van der Waals surface area contributed by atoms with Crippen LogP contribution < -0.4 is 4.74 Å². The first-order chi connectivity index (χ1) is 6.72. The van der Waals surface area contributed by atoms with Crippen LogP contribution in [0.3, 0.4) is 0 Å². The number of carbonyl (C=O) groups is 1. The second-order valence-corrected chi connectivity index (χ2v) is 2.89. The largest absolute Gasteiger partial charge is 0.480 e. The molecule has 0 amide bonds. The maximum atomic E-state index is 11.3. The SMILES string of the molecule is COC(=O)c1nc(OC)cnc1CBr. The maximum Gasteiger partial charge on any atom is 0.358 e. The molecule has 0 saturated carbocycles. The standard InChI is InChI=1S/C8H9BrN2O3/c1-13-6-4-10-5(3-9)7(11-6)8(12)14-2/h4H,3H2,1-2H3. The van der Waals surface area contributed by atoms with Crippen LogP contribution in [0.5, 0.6) is 5.88 Å². The number of halogens is 1. The molecule has 0 fully saturated rings. The van der Waals surface area contributed by atoms with Gasteiger partial charge >= 0.3 is 5.97 Å². The summed E-state index contributed by atoms with van der Waals surface area (Å²) in [4.78, 5) is 19.2. The molecule has 5 nitrogen and oxygen atoms in total. The lowest BCUT2D eigenvalue weighted by Crippen LogP contribution is -2.10. The lowest BCUT2D eigenvalue weighted by atomic mass is 10.3. The zero-order chi connectivity index (χ0) is 10.6. The Morgan fingerprint density at radius 3 is 2.79 bits per heavy atom. The van der Waals surface area contributed by atoms with Crippen LogP contribution in [0.2, 0.25) is 0 Å². The fourth-order valence-corrected chi connectivity index (χ4v) is 1.26.